The molecule has 5 nitrogen and oxygen atoms in total. The van der Waals surface area contributed by atoms with Gasteiger partial charge in [0.1, 0.15) is 12.3 Å². The van der Waals surface area contributed by atoms with Crippen LogP contribution in [0.25, 0.3) is 11.0 Å². The summed E-state index contributed by atoms with van der Waals surface area (Å²) in [6, 6.07) is 6.06. The van der Waals surface area contributed by atoms with Crippen molar-refractivity contribution in [3.63, 3.8) is 0 Å². The number of hydrogen-bond acceptors (Lipinski definition) is 4. The number of nitrogens with two attached hydrogens (primary N) is 1. The Morgan fingerprint density at radius 3 is 2.79 bits per heavy atom. The smallest absolute Gasteiger partial charge is 0.214 e. The Balaban J connectivity index is 2.07. The van der Waals surface area contributed by atoms with Crippen molar-refractivity contribution < 1.29 is 4.42 Å². The lowest BCUT2D eigenvalue weighted by Crippen LogP contribution is -2.04. The molecular formula is C13H13IN4O. The van der Waals surface area contributed by atoms with E-state index in [-0.39, 0.29) is 0 Å². The summed E-state index contributed by atoms with van der Waals surface area (Å²) in [5.41, 5.74) is 8.77. The normalized spacial score (nSPS) is 11.3. The minimum Gasteiger partial charge on any atom is -0.444 e. The number of aryl methyl sites for hydroxylation is 2. The summed E-state index contributed by atoms with van der Waals surface area (Å²) in [7, 11) is 0. The Bertz CT molecular complexity index is 740. The molecule has 6 heteroatoms. The topological polar surface area (TPSA) is 69.9 Å². The molecule has 2 aromatic heterocycles. The number of oxazole rings is 1. The number of rotatable bonds is 2. The molecule has 0 saturated carbocycles. The Morgan fingerprint density at radius 1 is 1.32 bits per heavy atom. The molecule has 0 amide bonds. The van der Waals surface area contributed by atoms with E-state index in [1.54, 1.807) is 0 Å². The molecular weight excluding hydrogens is 355 g/mol. The first-order valence-electron chi connectivity index (χ1n) is 5.89. The van der Waals surface area contributed by atoms with Gasteiger partial charge < -0.3 is 14.7 Å². The van der Waals surface area contributed by atoms with Gasteiger partial charge in [-0.15, -0.1) is 0 Å². The van der Waals surface area contributed by atoms with E-state index in [9.17, 15) is 0 Å². The molecule has 0 aliphatic rings. The van der Waals surface area contributed by atoms with Crippen LogP contribution in [0.5, 0.6) is 0 Å². The van der Waals surface area contributed by atoms with Crippen molar-refractivity contribution in [3.05, 3.63) is 39.1 Å². The number of halogens is 1. The van der Waals surface area contributed by atoms with Gasteiger partial charge in [0, 0.05) is 3.57 Å². The van der Waals surface area contributed by atoms with E-state index < -0.39 is 0 Å². The number of benzene rings is 1. The molecule has 1 aromatic carbocycles. The van der Waals surface area contributed by atoms with E-state index in [4.69, 9.17) is 10.2 Å². The van der Waals surface area contributed by atoms with Gasteiger partial charge in [-0.2, -0.15) is 0 Å². The monoisotopic (exact) mass is 368 g/mol. The second-order valence-corrected chi connectivity index (χ2v) is 5.68. The van der Waals surface area contributed by atoms with Crippen molar-refractivity contribution in [3.8, 4) is 0 Å². The maximum Gasteiger partial charge on any atom is 0.214 e. The molecule has 0 bridgehead atoms. The quantitative estimate of drug-likeness (QED) is 0.707. The Kier molecular flexibility index (Phi) is 2.96. The molecule has 0 fully saturated rings. The predicted molar refractivity (Wildman–Crippen MR) is 81.9 cm³/mol. The van der Waals surface area contributed by atoms with Gasteiger partial charge in [0.05, 0.1) is 16.7 Å². The van der Waals surface area contributed by atoms with Crippen LogP contribution >= 0.6 is 22.6 Å². The van der Waals surface area contributed by atoms with Gasteiger partial charge in [0.2, 0.25) is 11.8 Å². The first-order chi connectivity index (χ1) is 9.04. The highest BCUT2D eigenvalue weighted by molar-refractivity contribution is 14.1. The van der Waals surface area contributed by atoms with Gasteiger partial charge in [0.15, 0.2) is 0 Å². The number of aromatic nitrogens is 3. The first-order valence-corrected chi connectivity index (χ1v) is 6.96. The maximum atomic E-state index is 5.98. The molecule has 0 radical (unpaired) electrons. The largest absolute Gasteiger partial charge is 0.444 e. The van der Waals surface area contributed by atoms with Crippen LogP contribution in [0.3, 0.4) is 0 Å². The van der Waals surface area contributed by atoms with E-state index in [1.165, 1.54) is 0 Å². The molecule has 2 heterocycles. The molecule has 19 heavy (non-hydrogen) atoms. The van der Waals surface area contributed by atoms with Crippen LogP contribution in [0.15, 0.2) is 22.6 Å². The summed E-state index contributed by atoms with van der Waals surface area (Å²) < 4.78 is 8.65. The van der Waals surface area contributed by atoms with Gasteiger partial charge in [-0.05, 0) is 54.6 Å². The maximum absolute atomic E-state index is 5.98. The van der Waals surface area contributed by atoms with E-state index in [0.29, 0.717) is 18.4 Å². The van der Waals surface area contributed by atoms with E-state index in [2.05, 4.69) is 32.6 Å². The molecule has 0 aliphatic heterocycles. The van der Waals surface area contributed by atoms with Gasteiger partial charge >= 0.3 is 0 Å². The number of imidazole rings is 1. The van der Waals surface area contributed by atoms with E-state index in [0.717, 1.165) is 26.1 Å². The fraction of sp³-hybridized carbons (Fsp3) is 0.231. The number of fused-ring (bicyclic) bond motifs is 1. The molecule has 0 aliphatic carbocycles. The van der Waals surface area contributed by atoms with Crippen LogP contribution in [-0.4, -0.2) is 14.5 Å². The summed E-state index contributed by atoms with van der Waals surface area (Å²) in [4.78, 5) is 8.74. The zero-order valence-corrected chi connectivity index (χ0v) is 12.8. The molecule has 0 saturated heterocycles. The molecule has 3 rings (SSSR count). The van der Waals surface area contributed by atoms with Crippen molar-refractivity contribution in [1.82, 2.24) is 14.5 Å². The second-order valence-electron chi connectivity index (χ2n) is 4.44. The lowest BCUT2D eigenvalue weighted by molar-refractivity contribution is 0.460. The molecule has 0 atom stereocenters. The van der Waals surface area contributed by atoms with Gasteiger partial charge in [-0.25, -0.2) is 9.97 Å². The lowest BCUT2D eigenvalue weighted by Gasteiger charge is -2.02. The Morgan fingerprint density at radius 2 is 2.11 bits per heavy atom. The first kappa shape index (κ1) is 12.5. The molecule has 0 unspecified atom stereocenters. The zero-order valence-electron chi connectivity index (χ0n) is 10.6. The van der Waals surface area contributed by atoms with Crippen molar-refractivity contribution in [1.29, 1.82) is 0 Å². The van der Waals surface area contributed by atoms with Crippen molar-refractivity contribution in [2.24, 2.45) is 0 Å². The van der Waals surface area contributed by atoms with Crippen LogP contribution in [0.4, 0.5) is 5.95 Å². The Labute approximate surface area is 124 Å². The summed E-state index contributed by atoms with van der Waals surface area (Å²) in [6.07, 6.45) is 0. The summed E-state index contributed by atoms with van der Waals surface area (Å²) in [6.45, 7) is 4.33. The molecule has 3 aromatic rings. The third-order valence-electron chi connectivity index (χ3n) is 3.11. The minimum absolute atomic E-state index is 0.477. The van der Waals surface area contributed by atoms with Gasteiger partial charge in [0.25, 0.3) is 0 Å². The number of nitrogens with zero attached hydrogens (tertiary/aromatic N) is 3. The van der Waals surface area contributed by atoms with E-state index >= 15 is 0 Å². The standard InChI is InChI=1S/C13H13IN4O/c1-7-8(2)19-12(16-7)6-18-11-4-3-9(14)5-10(11)17-13(18)15/h3-5H,6H2,1-2H3,(H2,15,17). The lowest BCUT2D eigenvalue weighted by atomic mass is 10.3. The van der Waals surface area contributed by atoms with Gasteiger partial charge in [-0.1, -0.05) is 0 Å². The highest BCUT2D eigenvalue weighted by atomic mass is 127. The second kappa shape index (κ2) is 4.52. The third kappa shape index (κ3) is 2.20. The Hall–Kier alpha value is -1.57. The van der Waals surface area contributed by atoms with Crippen molar-refractivity contribution in [2.45, 2.75) is 20.4 Å². The highest BCUT2D eigenvalue weighted by Gasteiger charge is 2.12. The number of hydrogen-bond donors (Lipinski definition) is 1. The van der Waals surface area contributed by atoms with Crippen LogP contribution in [-0.2, 0) is 6.54 Å². The van der Waals surface area contributed by atoms with Crippen molar-refractivity contribution >= 4 is 39.6 Å². The minimum atomic E-state index is 0.477. The SMILES string of the molecule is Cc1nc(Cn2c(N)nc3cc(I)ccc32)oc1C. The van der Waals surface area contributed by atoms with Crippen LogP contribution in [0.2, 0.25) is 0 Å². The van der Waals surface area contributed by atoms with Crippen LogP contribution in [0, 0.1) is 17.4 Å². The van der Waals surface area contributed by atoms with Crippen LogP contribution < -0.4 is 5.73 Å². The summed E-state index contributed by atoms with van der Waals surface area (Å²) in [5.74, 6) is 1.97. The highest BCUT2D eigenvalue weighted by Crippen LogP contribution is 2.22. The summed E-state index contributed by atoms with van der Waals surface area (Å²) >= 11 is 2.26. The predicted octanol–water partition coefficient (Wildman–Crippen LogP) is 2.88. The summed E-state index contributed by atoms with van der Waals surface area (Å²) in [5, 5.41) is 0. The average molecular weight is 368 g/mol. The molecule has 2 N–H and O–H groups in total. The van der Waals surface area contributed by atoms with E-state index in [1.807, 2.05) is 36.6 Å². The zero-order chi connectivity index (χ0) is 13.6. The van der Waals surface area contributed by atoms with Crippen molar-refractivity contribution in [2.75, 3.05) is 5.73 Å². The number of nitrogen functional groups attached to an aromatic ring is 1. The third-order valence-corrected chi connectivity index (χ3v) is 3.78. The fourth-order valence-corrected chi connectivity index (χ4v) is 2.50. The fourth-order valence-electron chi connectivity index (χ4n) is 2.03. The van der Waals surface area contributed by atoms with Gasteiger partial charge in [-0.3, -0.25) is 0 Å². The number of anilines is 1. The molecule has 0 spiro atoms. The average Bonchev–Trinajstić information content (AvgIpc) is 2.81. The van der Waals surface area contributed by atoms with Crippen LogP contribution in [0.1, 0.15) is 17.3 Å². The molecule has 98 valence electrons.